The van der Waals surface area contributed by atoms with E-state index in [-0.39, 0.29) is 5.82 Å². The highest BCUT2D eigenvalue weighted by Gasteiger charge is 2.31. The third kappa shape index (κ3) is 3.46. The van der Waals surface area contributed by atoms with E-state index in [1.165, 1.54) is 38.2 Å². The van der Waals surface area contributed by atoms with Crippen LogP contribution in [0.1, 0.15) is 44.6 Å². The summed E-state index contributed by atoms with van der Waals surface area (Å²) in [7, 11) is 0. The maximum Gasteiger partial charge on any atom is 0.125 e. The number of hydrogen-bond donors (Lipinski definition) is 1. The Bertz CT molecular complexity index is 379. The van der Waals surface area contributed by atoms with E-state index in [4.69, 9.17) is 11.6 Å². The van der Waals surface area contributed by atoms with Gasteiger partial charge in [-0.25, -0.2) is 4.39 Å². The van der Waals surface area contributed by atoms with Gasteiger partial charge in [-0.1, -0.05) is 31.4 Å². The molecule has 0 spiro atoms. The highest BCUT2D eigenvalue weighted by molar-refractivity contribution is 6.30. The van der Waals surface area contributed by atoms with Gasteiger partial charge in [-0.2, -0.15) is 0 Å². The standard InChI is InChI=1S/C15H21ClFN/c1-2-15(5-3-4-6-15)11-18-10-12-7-13(16)9-14(17)8-12/h7-9,18H,2-6,10-11H2,1H3. The predicted molar refractivity (Wildman–Crippen MR) is 74.3 cm³/mol. The van der Waals surface area contributed by atoms with Crippen LogP contribution in [0.3, 0.4) is 0 Å². The van der Waals surface area contributed by atoms with Gasteiger partial charge >= 0.3 is 0 Å². The summed E-state index contributed by atoms with van der Waals surface area (Å²) >= 11 is 5.84. The van der Waals surface area contributed by atoms with Gasteiger partial charge in [-0.3, -0.25) is 0 Å². The van der Waals surface area contributed by atoms with Crippen molar-refractivity contribution in [3.05, 3.63) is 34.6 Å². The molecule has 1 aliphatic rings. The zero-order valence-electron chi connectivity index (χ0n) is 10.9. The second-order valence-electron chi connectivity index (χ2n) is 5.44. The van der Waals surface area contributed by atoms with Crippen LogP contribution < -0.4 is 5.32 Å². The summed E-state index contributed by atoms with van der Waals surface area (Å²) in [6, 6.07) is 4.71. The van der Waals surface area contributed by atoms with Crippen molar-refractivity contribution in [2.24, 2.45) is 5.41 Å². The van der Waals surface area contributed by atoms with Crippen LogP contribution in [0.25, 0.3) is 0 Å². The van der Waals surface area contributed by atoms with Gasteiger partial charge in [-0.15, -0.1) is 0 Å². The Morgan fingerprint density at radius 1 is 1.28 bits per heavy atom. The summed E-state index contributed by atoms with van der Waals surface area (Å²) in [5.41, 5.74) is 1.39. The molecule has 0 radical (unpaired) electrons. The van der Waals surface area contributed by atoms with Crippen LogP contribution in [0, 0.1) is 11.2 Å². The van der Waals surface area contributed by atoms with E-state index in [9.17, 15) is 4.39 Å². The first-order chi connectivity index (χ1) is 8.63. The second-order valence-corrected chi connectivity index (χ2v) is 5.88. The van der Waals surface area contributed by atoms with Crippen LogP contribution in [0.4, 0.5) is 4.39 Å². The van der Waals surface area contributed by atoms with Crippen LogP contribution in [0.2, 0.25) is 5.02 Å². The molecule has 1 aliphatic carbocycles. The van der Waals surface area contributed by atoms with Gasteiger partial charge in [0.1, 0.15) is 5.82 Å². The topological polar surface area (TPSA) is 12.0 Å². The lowest BCUT2D eigenvalue weighted by Gasteiger charge is -2.27. The zero-order valence-corrected chi connectivity index (χ0v) is 11.7. The summed E-state index contributed by atoms with van der Waals surface area (Å²) in [5, 5.41) is 3.93. The third-order valence-corrected chi connectivity index (χ3v) is 4.38. The second kappa shape index (κ2) is 6.03. The minimum atomic E-state index is -0.259. The molecule has 1 nitrogen and oxygen atoms in total. The first kappa shape index (κ1) is 13.8. The highest BCUT2D eigenvalue weighted by Crippen LogP contribution is 2.40. The molecule has 0 aromatic heterocycles. The lowest BCUT2D eigenvalue weighted by Crippen LogP contribution is -2.31. The number of benzene rings is 1. The normalized spacial score (nSPS) is 18.2. The summed E-state index contributed by atoms with van der Waals surface area (Å²) in [6.45, 7) is 3.99. The Morgan fingerprint density at radius 2 is 2.00 bits per heavy atom. The predicted octanol–water partition coefficient (Wildman–Crippen LogP) is 4.54. The van der Waals surface area contributed by atoms with E-state index in [1.54, 1.807) is 6.07 Å². The maximum absolute atomic E-state index is 13.2. The van der Waals surface area contributed by atoms with Crippen molar-refractivity contribution in [3.63, 3.8) is 0 Å². The average Bonchev–Trinajstić information content (AvgIpc) is 2.77. The molecule has 1 N–H and O–H groups in total. The zero-order chi connectivity index (χ0) is 13.0. The van der Waals surface area contributed by atoms with E-state index < -0.39 is 0 Å². The molecular weight excluding hydrogens is 249 g/mol. The minimum absolute atomic E-state index is 0.259. The van der Waals surface area contributed by atoms with Crippen LogP contribution in [-0.4, -0.2) is 6.54 Å². The van der Waals surface area contributed by atoms with Crippen LogP contribution in [0.5, 0.6) is 0 Å². The molecular formula is C15H21ClFN. The lowest BCUT2D eigenvalue weighted by atomic mass is 9.83. The SMILES string of the molecule is CCC1(CNCc2cc(F)cc(Cl)c2)CCCC1. The Kier molecular flexibility index (Phi) is 4.63. The Hall–Kier alpha value is -0.600. The molecule has 1 fully saturated rings. The van der Waals surface area contributed by atoms with Crippen LogP contribution in [0.15, 0.2) is 18.2 Å². The Morgan fingerprint density at radius 3 is 2.61 bits per heavy atom. The fourth-order valence-electron chi connectivity index (χ4n) is 2.97. The van der Waals surface area contributed by atoms with Crippen molar-refractivity contribution >= 4 is 11.6 Å². The van der Waals surface area contributed by atoms with Gasteiger partial charge < -0.3 is 5.32 Å². The molecule has 0 unspecified atom stereocenters. The molecule has 18 heavy (non-hydrogen) atoms. The molecule has 0 heterocycles. The first-order valence-corrected chi connectivity index (χ1v) is 7.17. The molecule has 1 aromatic rings. The van der Waals surface area contributed by atoms with E-state index in [0.29, 0.717) is 17.0 Å². The number of halogens is 2. The van der Waals surface area contributed by atoms with Crippen molar-refractivity contribution in [2.75, 3.05) is 6.54 Å². The minimum Gasteiger partial charge on any atom is -0.312 e. The van der Waals surface area contributed by atoms with Gasteiger partial charge in [0.25, 0.3) is 0 Å². The molecule has 0 saturated heterocycles. The molecule has 2 rings (SSSR count). The van der Waals surface area contributed by atoms with E-state index in [0.717, 1.165) is 12.1 Å². The fourth-order valence-corrected chi connectivity index (χ4v) is 3.21. The van der Waals surface area contributed by atoms with Crippen molar-refractivity contribution < 1.29 is 4.39 Å². The molecule has 1 saturated carbocycles. The monoisotopic (exact) mass is 269 g/mol. The largest absolute Gasteiger partial charge is 0.312 e. The summed E-state index contributed by atoms with van der Waals surface area (Å²) in [4.78, 5) is 0. The van der Waals surface area contributed by atoms with Gasteiger partial charge in [0.05, 0.1) is 0 Å². The Labute approximate surface area is 114 Å². The molecule has 0 bridgehead atoms. The lowest BCUT2D eigenvalue weighted by molar-refractivity contribution is 0.268. The van der Waals surface area contributed by atoms with Gasteiger partial charge in [0.15, 0.2) is 0 Å². The summed E-state index contributed by atoms with van der Waals surface area (Å²) in [5.74, 6) is -0.259. The highest BCUT2D eigenvalue weighted by atomic mass is 35.5. The van der Waals surface area contributed by atoms with Crippen LogP contribution in [-0.2, 0) is 6.54 Å². The first-order valence-electron chi connectivity index (χ1n) is 6.79. The third-order valence-electron chi connectivity index (χ3n) is 4.17. The molecule has 0 atom stereocenters. The van der Waals surface area contributed by atoms with Crippen molar-refractivity contribution in [1.29, 1.82) is 0 Å². The fraction of sp³-hybridized carbons (Fsp3) is 0.600. The maximum atomic E-state index is 13.2. The molecule has 0 aliphatic heterocycles. The van der Waals surface area contributed by atoms with Crippen molar-refractivity contribution in [3.8, 4) is 0 Å². The van der Waals surface area contributed by atoms with Crippen molar-refractivity contribution in [2.45, 2.75) is 45.6 Å². The number of hydrogen-bond acceptors (Lipinski definition) is 1. The summed E-state index contributed by atoms with van der Waals surface area (Å²) < 4.78 is 13.2. The Balaban J connectivity index is 1.87. The van der Waals surface area contributed by atoms with Gasteiger partial charge in [-0.05, 0) is 48.4 Å². The van der Waals surface area contributed by atoms with Gasteiger partial charge in [0, 0.05) is 18.1 Å². The smallest absolute Gasteiger partial charge is 0.125 e. The molecule has 0 amide bonds. The van der Waals surface area contributed by atoms with Gasteiger partial charge in [0.2, 0.25) is 0 Å². The van der Waals surface area contributed by atoms with Crippen LogP contribution >= 0.6 is 11.6 Å². The molecule has 3 heteroatoms. The van der Waals surface area contributed by atoms with E-state index in [1.807, 2.05) is 6.07 Å². The van der Waals surface area contributed by atoms with Crippen molar-refractivity contribution in [1.82, 2.24) is 5.32 Å². The average molecular weight is 270 g/mol. The van der Waals surface area contributed by atoms with E-state index >= 15 is 0 Å². The quantitative estimate of drug-likeness (QED) is 0.828. The number of rotatable bonds is 5. The van der Waals surface area contributed by atoms with E-state index in [2.05, 4.69) is 12.2 Å². The molecule has 1 aromatic carbocycles. The summed E-state index contributed by atoms with van der Waals surface area (Å²) in [6.07, 6.45) is 6.56. The molecule has 100 valence electrons. The number of nitrogens with one attached hydrogen (secondary N) is 1.